The van der Waals surface area contributed by atoms with Crippen LogP contribution in [0.1, 0.15) is 63.4 Å². The zero-order chi connectivity index (χ0) is 21.6. The first kappa shape index (κ1) is 24.9. The summed E-state index contributed by atoms with van der Waals surface area (Å²) in [5.74, 6) is 4.97. The Bertz CT molecular complexity index is 703. The third kappa shape index (κ3) is 10.1. The Morgan fingerprint density at radius 1 is 0.967 bits per heavy atom. The molecule has 170 valence electrons. The van der Waals surface area contributed by atoms with Crippen LogP contribution in [-0.2, 0) is 23.5 Å². The molecular weight excluding hydrogens is 418 g/mol. The first-order valence-electron chi connectivity index (χ1n) is 11.0. The molecule has 7 nitrogen and oxygen atoms in total. The van der Waals surface area contributed by atoms with Gasteiger partial charge in [0.1, 0.15) is 11.5 Å². The van der Waals surface area contributed by atoms with Gasteiger partial charge in [0.15, 0.2) is 11.7 Å². The number of nitrogens with one attached hydrogen (secondary N) is 2. The molecule has 0 amide bonds. The van der Waals surface area contributed by atoms with Crippen molar-refractivity contribution in [1.82, 2.24) is 15.5 Å². The van der Waals surface area contributed by atoms with Crippen molar-refractivity contribution in [3.05, 3.63) is 23.7 Å². The molecule has 9 heteroatoms. The van der Waals surface area contributed by atoms with Crippen molar-refractivity contribution < 1.29 is 8.63 Å². The lowest BCUT2D eigenvalue weighted by Crippen LogP contribution is -2.39. The molecule has 0 aliphatic carbocycles. The van der Waals surface area contributed by atoms with E-state index in [-0.39, 0.29) is 0 Å². The summed E-state index contributed by atoms with van der Waals surface area (Å²) in [4.78, 5) is 2.09. The zero-order valence-electron chi connectivity index (χ0n) is 18.6. The highest BCUT2D eigenvalue weighted by Crippen LogP contribution is 2.16. The van der Waals surface area contributed by atoms with Crippen LogP contribution in [-0.4, -0.2) is 53.7 Å². The maximum absolute atomic E-state index is 11.7. The van der Waals surface area contributed by atoms with Gasteiger partial charge in [0.25, 0.3) is 11.2 Å². The number of unbranched alkanes of at least 4 members (excludes halogenated alkanes) is 6. The van der Waals surface area contributed by atoms with Crippen molar-refractivity contribution in [2.45, 2.75) is 64.2 Å². The van der Waals surface area contributed by atoms with Crippen LogP contribution in [0, 0.1) is 0 Å². The van der Waals surface area contributed by atoms with E-state index in [4.69, 9.17) is 4.42 Å². The summed E-state index contributed by atoms with van der Waals surface area (Å²) in [6.45, 7) is 4.64. The molecule has 0 fully saturated rings. The second kappa shape index (κ2) is 14.6. The average Bonchev–Trinajstić information content (AvgIpc) is 3.29. The maximum atomic E-state index is 11.7. The number of furan rings is 1. The fraction of sp³-hybridized carbons (Fsp3) is 0.714. The fourth-order valence-corrected chi connectivity index (χ4v) is 4.50. The van der Waals surface area contributed by atoms with E-state index in [2.05, 4.69) is 31.3 Å². The van der Waals surface area contributed by atoms with Crippen LogP contribution in [0.25, 0.3) is 0 Å². The third-order valence-electron chi connectivity index (χ3n) is 4.61. The highest BCUT2D eigenvalue weighted by atomic mass is 32.2. The van der Waals surface area contributed by atoms with Crippen LogP contribution < -0.4 is 10.6 Å². The van der Waals surface area contributed by atoms with E-state index >= 15 is 0 Å². The molecule has 1 aromatic heterocycles. The van der Waals surface area contributed by atoms with E-state index in [9.17, 15) is 4.21 Å². The minimum Gasteiger partial charge on any atom is -0.464 e. The molecule has 0 aromatic carbocycles. The SMILES string of the molecule is CCCCCCCCCNC1=NS(=O)N=C1NCCSCc1ccc(CN(C)C)o1. The van der Waals surface area contributed by atoms with Crippen molar-refractivity contribution in [2.75, 3.05) is 32.9 Å². The van der Waals surface area contributed by atoms with Gasteiger partial charge in [0.05, 0.1) is 12.3 Å². The summed E-state index contributed by atoms with van der Waals surface area (Å²) < 4.78 is 25.7. The molecule has 0 saturated heterocycles. The second-order valence-corrected chi connectivity index (χ2v) is 9.68. The van der Waals surface area contributed by atoms with Crippen molar-refractivity contribution in [3.63, 3.8) is 0 Å². The molecule has 2 heterocycles. The monoisotopic (exact) mass is 455 g/mol. The van der Waals surface area contributed by atoms with Crippen molar-refractivity contribution in [1.29, 1.82) is 0 Å². The largest absolute Gasteiger partial charge is 0.464 e. The van der Waals surface area contributed by atoms with Crippen LogP contribution >= 0.6 is 11.8 Å². The first-order chi connectivity index (χ1) is 14.6. The lowest BCUT2D eigenvalue weighted by atomic mass is 10.1. The van der Waals surface area contributed by atoms with Gasteiger partial charge in [-0.3, -0.25) is 0 Å². The predicted octanol–water partition coefficient (Wildman–Crippen LogP) is 3.89. The van der Waals surface area contributed by atoms with E-state index in [1.165, 1.54) is 38.5 Å². The molecule has 2 N–H and O–H groups in total. The molecule has 1 aliphatic heterocycles. The fourth-order valence-electron chi connectivity index (χ4n) is 3.09. The lowest BCUT2D eigenvalue weighted by molar-refractivity contribution is 0.344. The molecule has 1 aromatic rings. The number of nitrogens with zero attached hydrogens (tertiary/aromatic N) is 3. The van der Waals surface area contributed by atoms with Gasteiger partial charge in [0.2, 0.25) is 0 Å². The maximum Gasteiger partial charge on any atom is 0.269 e. The molecule has 0 spiro atoms. The Morgan fingerprint density at radius 3 is 2.30 bits per heavy atom. The molecule has 30 heavy (non-hydrogen) atoms. The normalized spacial score (nSPS) is 16.1. The van der Waals surface area contributed by atoms with Crippen LogP contribution in [0.2, 0.25) is 0 Å². The summed E-state index contributed by atoms with van der Waals surface area (Å²) in [5, 5.41) is 6.55. The van der Waals surface area contributed by atoms with Gasteiger partial charge in [0, 0.05) is 18.8 Å². The molecule has 1 atom stereocenters. The van der Waals surface area contributed by atoms with Crippen molar-refractivity contribution >= 4 is 34.6 Å². The number of thioether (sulfide) groups is 1. The minimum atomic E-state index is -1.51. The zero-order valence-corrected chi connectivity index (χ0v) is 20.2. The molecule has 1 unspecified atom stereocenters. The van der Waals surface area contributed by atoms with Gasteiger partial charge < -0.3 is 20.0 Å². The highest BCUT2D eigenvalue weighted by molar-refractivity contribution is 7.98. The van der Waals surface area contributed by atoms with Crippen LogP contribution in [0.5, 0.6) is 0 Å². The van der Waals surface area contributed by atoms with Gasteiger partial charge in [-0.1, -0.05) is 45.4 Å². The third-order valence-corrected chi connectivity index (χ3v) is 6.27. The van der Waals surface area contributed by atoms with E-state index in [0.29, 0.717) is 11.7 Å². The Labute approximate surface area is 188 Å². The summed E-state index contributed by atoms with van der Waals surface area (Å²) in [7, 11) is 4.06. The van der Waals surface area contributed by atoms with Gasteiger partial charge in [-0.2, -0.15) is 11.8 Å². The Hall–Kier alpha value is -1.32. The van der Waals surface area contributed by atoms with Gasteiger partial charge in [-0.15, -0.1) is 8.80 Å². The highest BCUT2D eigenvalue weighted by Gasteiger charge is 2.17. The Balaban J connectivity index is 1.56. The molecule has 0 bridgehead atoms. The van der Waals surface area contributed by atoms with E-state index < -0.39 is 11.2 Å². The van der Waals surface area contributed by atoms with Crippen molar-refractivity contribution in [2.24, 2.45) is 8.80 Å². The average molecular weight is 456 g/mol. The smallest absolute Gasteiger partial charge is 0.269 e. The quantitative estimate of drug-likeness (QED) is 0.391. The summed E-state index contributed by atoms with van der Waals surface area (Å²) in [6, 6.07) is 4.08. The van der Waals surface area contributed by atoms with Gasteiger partial charge in [-0.25, -0.2) is 4.21 Å². The molecule has 2 rings (SSSR count). The number of amidine groups is 2. The summed E-state index contributed by atoms with van der Waals surface area (Å²) >= 11 is 0.286. The van der Waals surface area contributed by atoms with Gasteiger partial charge >= 0.3 is 0 Å². The van der Waals surface area contributed by atoms with Crippen molar-refractivity contribution in [3.8, 4) is 0 Å². The van der Waals surface area contributed by atoms with E-state index in [0.717, 1.165) is 49.1 Å². The molecule has 0 saturated carbocycles. The molecule has 0 radical (unpaired) electrons. The molecule has 1 aliphatic rings. The van der Waals surface area contributed by atoms with Crippen LogP contribution in [0.15, 0.2) is 25.3 Å². The Morgan fingerprint density at radius 2 is 1.60 bits per heavy atom. The topological polar surface area (TPSA) is 82.2 Å². The predicted molar refractivity (Wildman–Crippen MR) is 129 cm³/mol. The number of rotatable bonds is 15. The molecular formula is C21H37N5O2S2. The van der Waals surface area contributed by atoms with Crippen LogP contribution in [0.4, 0.5) is 0 Å². The Kier molecular flexibility index (Phi) is 12.2. The van der Waals surface area contributed by atoms with E-state index in [1.54, 1.807) is 11.8 Å². The summed E-state index contributed by atoms with van der Waals surface area (Å²) in [6.07, 6.45) is 8.87. The second-order valence-electron chi connectivity index (χ2n) is 7.74. The number of hydrogen-bond acceptors (Lipinski definition) is 6. The van der Waals surface area contributed by atoms with E-state index in [1.807, 2.05) is 26.2 Å². The first-order valence-corrected chi connectivity index (χ1v) is 13.2. The summed E-state index contributed by atoms with van der Waals surface area (Å²) in [5.41, 5.74) is 0. The van der Waals surface area contributed by atoms with Gasteiger partial charge in [-0.05, 0) is 32.6 Å². The number of hydrogen-bond donors (Lipinski definition) is 2. The van der Waals surface area contributed by atoms with Crippen LogP contribution in [0.3, 0.4) is 0 Å². The lowest BCUT2D eigenvalue weighted by Gasteiger charge is -2.10. The standard InChI is InChI=1S/C21H37N5O2S2/c1-4-5-6-7-8-9-10-13-22-20-21(25-30(27)24-20)23-14-15-29-17-19-12-11-18(28-19)16-26(2)3/h11-12H,4-10,13-17H2,1-3H3,(H,22,24)(H,23,25). The minimum absolute atomic E-state index is 0.614.